The number of nitrogens with zero attached hydrogens (tertiary/aromatic N) is 3. The van der Waals surface area contributed by atoms with Crippen molar-refractivity contribution in [3.8, 4) is 0 Å². The third kappa shape index (κ3) is 8.65. The maximum atomic E-state index is 13.6. The Labute approximate surface area is 247 Å². The number of allylic oxidation sites excluding steroid dienone is 2. The summed E-state index contributed by atoms with van der Waals surface area (Å²) in [6.45, 7) is 12.7. The number of carbonyl (C=O) groups excluding carboxylic acids is 2. The van der Waals surface area contributed by atoms with Gasteiger partial charge in [0.1, 0.15) is 0 Å². The van der Waals surface area contributed by atoms with E-state index in [9.17, 15) is 19.7 Å². The molecular formula is C27H40Cl2N4O7. The number of esters is 2. The second-order valence-corrected chi connectivity index (χ2v) is 10.6. The molecule has 13 heteroatoms. The number of carbonyl (C=O) groups is 2. The number of β-amino-alcohol motifs (C(OH)–C–C–N with tert-alkyl or cyclic N) is 1. The molecule has 1 saturated heterocycles. The smallest absolute Gasteiger partial charge is 0.336 e. The summed E-state index contributed by atoms with van der Waals surface area (Å²) in [5.41, 5.74) is 1.36. The number of aliphatic hydroxyl groups excluding tert-OH is 1. The molecule has 1 unspecified atom stereocenters. The summed E-state index contributed by atoms with van der Waals surface area (Å²) in [4.78, 5) is 41.8. The number of hydrogen-bond acceptors (Lipinski definition) is 10. The van der Waals surface area contributed by atoms with Crippen LogP contribution in [-0.4, -0.2) is 91.4 Å². The maximum absolute atomic E-state index is 13.6. The second-order valence-electron chi connectivity index (χ2n) is 10.6. The summed E-state index contributed by atoms with van der Waals surface area (Å²) in [6.07, 6.45) is 0. The third-order valence-corrected chi connectivity index (χ3v) is 6.93. The highest BCUT2D eigenvalue weighted by Gasteiger charge is 2.39. The molecule has 40 heavy (non-hydrogen) atoms. The lowest BCUT2D eigenvalue weighted by Gasteiger charge is -2.38. The standard InChI is InChI=1S/C27H38N4O7.2ClH/c1-18-22(25(33)37-5)24(20-7-6-8-21(15-20)31(35)36)23(19(2)28-18)26(34)38-17-27(3,4)16-30-11-9-29(10-12-30)13-14-32;;/h6-8,15,24,28,32H,9-14,16-17H2,1-5H3;2*1H. The Balaban J connectivity index is 0.00000400. The molecule has 3 rings (SSSR count). The molecule has 0 spiro atoms. The fourth-order valence-corrected chi connectivity index (χ4v) is 5.10. The van der Waals surface area contributed by atoms with Crippen molar-refractivity contribution in [3.63, 3.8) is 0 Å². The van der Waals surface area contributed by atoms with Gasteiger partial charge in [0.25, 0.3) is 5.69 Å². The van der Waals surface area contributed by atoms with Crippen molar-refractivity contribution in [3.05, 3.63) is 62.5 Å². The fraction of sp³-hybridized carbons (Fsp3) is 0.556. The number of rotatable bonds is 10. The first-order chi connectivity index (χ1) is 18.0. The third-order valence-electron chi connectivity index (χ3n) is 6.93. The van der Waals surface area contributed by atoms with Gasteiger partial charge in [-0.2, -0.15) is 0 Å². The van der Waals surface area contributed by atoms with E-state index in [1.807, 2.05) is 13.8 Å². The van der Waals surface area contributed by atoms with Crippen LogP contribution in [0.15, 0.2) is 46.8 Å². The van der Waals surface area contributed by atoms with Crippen LogP contribution in [0.3, 0.4) is 0 Å². The monoisotopic (exact) mass is 602 g/mol. The number of aliphatic hydroxyl groups is 1. The number of nitro groups is 1. The minimum atomic E-state index is -0.890. The molecule has 0 saturated carbocycles. The molecule has 0 amide bonds. The molecule has 0 radical (unpaired) electrons. The highest BCUT2D eigenvalue weighted by molar-refractivity contribution is 5.99. The highest BCUT2D eigenvalue weighted by atomic mass is 35.5. The minimum absolute atomic E-state index is 0. The van der Waals surface area contributed by atoms with Gasteiger partial charge in [0.05, 0.1) is 42.3 Å². The molecule has 2 heterocycles. The van der Waals surface area contributed by atoms with Gasteiger partial charge < -0.3 is 24.8 Å². The van der Waals surface area contributed by atoms with E-state index >= 15 is 0 Å². The predicted octanol–water partition coefficient (Wildman–Crippen LogP) is 3.03. The summed E-state index contributed by atoms with van der Waals surface area (Å²) in [6, 6.07) is 5.91. The Morgan fingerprint density at radius 2 is 1.65 bits per heavy atom. The zero-order chi connectivity index (χ0) is 28.0. The number of halogens is 2. The van der Waals surface area contributed by atoms with Crippen molar-refractivity contribution < 1.29 is 29.1 Å². The first-order valence-electron chi connectivity index (χ1n) is 12.7. The summed E-state index contributed by atoms with van der Waals surface area (Å²) < 4.78 is 10.8. The Kier molecular flexibility index (Phi) is 13.5. The quantitative estimate of drug-likeness (QED) is 0.234. The van der Waals surface area contributed by atoms with Gasteiger partial charge in [-0.05, 0) is 19.4 Å². The van der Waals surface area contributed by atoms with E-state index in [1.54, 1.807) is 19.9 Å². The second kappa shape index (κ2) is 15.3. The van der Waals surface area contributed by atoms with Crippen LogP contribution in [0.5, 0.6) is 0 Å². The largest absolute Gasteiger partial charge is 0.466 e. The summed E-state index contributed by atoms with van der Waals surface area (Å²) in [5.74, 6) is -2.12. The Morgan fingerprint density at radius 3 is 2.20 bits per heavy atom. The molecule has 0 aliphatic carbocycles. The predicted molar refractivity (Wildman–Crippen MR) is 156 cm³/mol. The van der Waals surface area contributed by atoms with E-state index in [2.05, 4.69) is 15.1 Å². The average molecular weight is 604 g/mol. The van der Waals surface area contributed by atoms with Crippen LogP contribution in [0.4, 0.5) is 5.69 Å². The Hall–Kier alpha value is -2.70. The zero-order valence-corrected chi connectivity index (χ0v) is 25.2. The number of benzene rings is 1. The van der Waals surface area contributed by atoms with Crippen LogP contribution < -0.4 is 5.32 Å². The number of nitrogens with one attached hydrogen (secondary N) is 1. The van der Waals surface area contributed by atoms with Crippen molar-refractivity contribution in [2.75, 3.05) is 59.6 Å². The maximum Gasteiger partial charge on any atom is 0.336 e. The van der Waals surface area contributed by atoms with Crippen molar-refractivity contribution in [2.45, 2.75) is 33.6 Å². The molecule has 0 aromatic heterocycles. The van der Waals surface area contributed by atoms with Crippen LogP contribution in [0.25, 0.3) is 0 Å². The average Bonchev–Trinajstić information content (AvgIpc) is 2.87. The van der Waals surface area contributed by atoms with E-state index in [0.717, 1.165) is 32.7 Å². The van der Waals surface area contributed by atoms with E-state index in [1.165, 1.54) is 25.3 Å². The van der Waals surface area contributed by atoms with Gasteiger partial charge in [-0.3, -0.25) is 15.0 Å². The number of methoxy groups -OCH3 is 1. The van der Waals surface area contributed by atoms with Gasteiger partial charge in [-0.1, -0.05) is 26.0 Å². The number of dihydropyridines is 1. The number of ether oxygens (including phenoxy) is 2. The van der Waals surface area contributed by atoms with Gasteiger partial charge in [-0.25, -0.2) is 9.59 Å². The van der Waals surface area contributed by atoms with Crippen molar-refractivity contribution in [1.82, 2.24) is 15.1 Å². The molecule has 1 atom stereocenters. The van der Waals surface area contributed by atoms with Crippen LogP contribution in [0, 0.1) is 15.5 Å². The SMILES string of the molecule is COC(=O)C1=C(C)NC(C)=C(C(=O)OCC(C)(C)CN2CCN(CCO)CC2)C1c1cccc([N+](=O)[O-])c1.Cl.Cl. The number of nitro benzene ring substituents is 1. The Morgan fingerprint density at radius 1 is 1.07 bits per heavy atom. The van der Waals surface area contributed by atoms with Crippen LogP contribution in [-0.2, 0) is 19.1 Å². The summed E-state index contributed by atoms with van der Waals surface area (Å²) in [7, 11) is 1.25. The van der Waals surface area contributed by atoms with E-state index in [4.69, 9.17) is 14.6 Å². The first kappa shape index (κ1) is 35.3. The molecule has 1 aromatic rings. The topological polar surface area (TPSA) is 134 Å². The molecular weight excluding hydrogens is 563 g/mol. The zero-order valence-electron chi connectivity index (χ0n) is 23.6. The number of non-ortho nitro benzene ring substituents is 1. The molecule has 11 nitrogen and oxygen atoms in total. The van der Waals surface area contributed by atoms with E-state index in [-0.39, 0.29) is 60.3 Å². The molecule has 1 fully saturated rings. The lowest BCUT2D eigenvalue weighted by molar-refractivity contribution is -0.384. The van der Waals surface area contributed by atoms with Gasteiger partial charge in [0.15, 0.2) is 0 Å². The van der Waals surface area contributed by atoms with Crippen LogP contribution in [0.1, 0.15) is 39.2 Å². The molecule has 0 bridgehead atoms. The van der Waals surface area contributed by atoms with Crippen molar-refractivity contribution >= 4 is 42.4 Å². The van der Waals surface area contributed by atoms with Gasteiger partial charge in [0.2, 0.25) is 0 Å². The van der Waals surface area contributed by atoms with Crippen molar-refractivity contribution in [1.29, 1.82) is 0 Å². The fourth-order valence-electron chi connectivity index (χ4n) is 5.10. The van der Waals surface area contributed by atoms with Gasteiger partial charge in [-0.15, -0.1) is 24.8 Å². The van der Waals surface area contributed by atoms with E-state index < -0.39 is 22.8 Å². The summed E-state index contributed by atoms with van der Waals surface area (Å²) in [5, 5.41) is 23.7. The molecule has 1 aromatic carbocycles. The van der Waals surface area contributed by atoms with Crippen LogP contribution >= 0.6 is 24.8 Å². The van der Waals surface area contributed by atoms with E-state index in [0.29, 0.717) is 23.5 Å². The lowest BCUT2D eigenvalue weighted by atomic mass is 9.80. The van der Waals surface area contributed by atoms with Gasteiger partial charge in [0, 0.05) is 68.2 Å². The van der Waals surface area contributed by atoms with Crippen molar-refractivity contribution in [2.24, 2.45) is 5.41 Å². The molecule has 2 N–H and O–H groups in total. The van der Waals surface area contributed by atoms with Gasteiger partial charge >= 0.3 is 11.9 Å². The Bertz CT molecular complexity index is 1130. The first-order valence-corrected chi connectivity index (χ1v) is 12.7. The molecule has 224 valence electrons. The molecule has 2 aliphatic heterocycles. The number of hydrogen-bond donors (Lipinski definition) is 2. The molecule has 2 aliphatic rings. The van der Waals surface area contributed by atoms with Crippen LogP contribution in [0.2, 0.25) is 0 Å². The lowest BCUT2D eigenvalue weighted by Crippen LogP contribution is -2.50. The normalized spacial score (nSPS) is 18.3. The summed E-state index contributed by atoms with van der Waals surface area (Å²) >= 11 is 0. The number of piperazine rings is 1. The minimum Gasteiger partial charge on any atom is -0.466 e. The highest BCUT2D eigenvalue weighted by Crippen LogP contribution is 2.40.